The normalized spacial score (nSPS) is 43.0. The topological polar surface area (TPSA) is 35.2 Å². The van der Waals surface area contributed by atoms with Gasteiger partial charge in [-0.25, -0.2) is 4.39 Å². The standard InChI is InChI=1S/C10H21BFNO/c1-3-10(5-4-6-13)7(2)8(12)9(11)14-10/h7-9H,3-6,11,13H2,1-2H3/t7-,8?,9-,10+/m1/s1. The molecule has 1 aliphatic rings. The maximum Gasteiger partial charge on any atom is 0.143 e. The molecule has 0 bridgehead atoms. The number of hydrogen-bond donors (Lipinski definition) is 1. The SMILES string of the molecule is B[C@@H]1O[C@@](CC)(CCCN)[C@H](C)C1F. The summed E-state index contributed by atoms with van der Waals surface area (Å²) in [5.74, 6) is -0.00551. The van der Waals surface area contributed by atoms with E-state index in [9.17, 15) is 4.39 Å². The minimum absolute atomic E-state index is 0.00551. The average Bonchev–Trinajstić information content (AvgIpc) is 2.41. The molecule has 0 radical (unpaired) electrons. The summed E-state index contributed by atoms with van der Waals surface area (Å²) in [7, 11) is 1.82. The van der Waals surface area contributed by atoms with Crippen molar-refractivity contribution in [1.82, 2.24) is 0 Å². The van der Waals surface area contributed by atoms with E-state index in [0.717, 1.165) is 19.3 Å². The van der Waals surface area contributed by atoms with Crippen LogP contribution in [0.25, 0.3) is 0 Å². The molecule has 82 valence electrons. The van der Waals surface area contributed by atoms with Crippen LogP contribution in [0.2, 0.25) is 0 Å². The van der Waals surface area contributed by atoms with Crippen molar-refractivity contribution >= 4 is 7.85 Å². The van der Waals surface area contributed by atoms with Crippen molar-refractivity contribution in [1.29, 1.82) is 0 Å². The molecule has 0 spiro atoms. The molecule has 1 unspecified atom stereocenters. The zero-order valence-electron chi connectivity index (χ0n) is 9.42. The fourth-order valence-corrected chi connectivity index (χ4v) is 2.51. The molecule has 1 aliphatic heterocycles. The van der Waals surface area contributed by atoms with Gasteiger partial charge in [-0.1, -0.05) is 13.8 Å². The molecule has 2 N–H and O–H groups in total. The third-order valence-electron chi connectivity index (χ3n) is 3.58. The molecule has 0 aromatic heterocycles. The van der Waals surface area contributed by atoms with E-state index in [1.165, 1.54) is 0 Å². The Hall–Kier alpha value is -0.0851. The molecule has 1 saturated heterocycles. The van der Waals surface area contributed by atoms with Gasteiger partial charge in [-0.3, -0.25) is 0 Å². The minimum Gasteiger partial charge on any atom is -0.377 e. The van der Waals surface area contributed by atoms with Gasteiger partial charge < -0.3 is 10.5 Å². The molecule has 0 aromatic carbocycles. The molecule has 1 heterocycles. The average molecular weight is 201 g/mol. The van der Waals surface area contributed by atoms with E-state index in [4.69, 9.17) is 10.5 Å². The second-order valence-corrected chi connectivity index (χ2v) is 4.37. The van der Waals surface area contributed by atoms with Crippen LogP contribution in [0.3, 0.4) is 0 Å². The number of halogens is 1. The lowest BCUT2D eigenvalue weighted by Gasteiger charge is -2.32. The molecular formula is C10H21BFNO. The maximum atomic E-state index is 13.7. The molecule has 1 fully saturated rings. The van der Waals surface area contributed by atoms with Crippen LogP contribution >= 0.6 is 0 Å². The summed E-state index contributed by atoms with van der Waals surface area (Å²) in [4.78, 5) is 0. The first kappa shape index (κ1) is 12.0. The van der Waals surface area contributed by atoms with E-state index in [0.29, 0.717) is 6.54 Å². The first-order valence-electron chi connectivity index (χ1n) is 5.59. The van der Waals surface area contributed by atoms with Crippen LogP contribution in [0.15, 0.2) is 0 Å². The van der Waals surface area contributed by atoms with Crippen molar-refractivity contribution in [3.63, 3.8) is 0 Å². The molecule has 4 atom stereocenters. The molecule has 0 amide bonds. The van der Waals surface area contributed by atoms with Crippen LogP contribution in [-0.4, -0.2) is 32.2 Å². The van der Waals surface area contributed by atoms with Gasteiger partial charge in [0.1, 0.15) is 14.0 Å². The van der Waals surface area contributed by atoms with Crippen molar-refractivity contribution in [2.75, 3.05) is 6.54 Å². The van der Waals surface area contributed by atoms with E-state index in [-0.39, 0.29) is 17.5 Å². The predicted molar refractivity (Wildman–Crippen MR) is 58.8 cm³/mol. The van der Waals surface area contributed by atoms with Crippen LogP contribution < -0.4 is 5.73 Å². The van der Waals surface area contributed by atoms with Gasteiger partial charge in [0.05, 0.1) is 11.6 Å². The zero-order chi connectivity index (χ0) is 10.8. The van der Waals surface area contributed by atoms with Gasteiger partial charge in [0.15, 0.2) is 0 Å². The van der Waals surface area contributed by atoms with Crippen LogP contribution in [0.1, 0.15) is 33.1 Å². The molecule has 4 heteroatoms. The van der Waals surface area contributed by atoms with Crippen molar-refractivity contribution in [2.45, 2.75) is 50.9 Å². The highest BCUT2D eigenvalue weighted by molar-refractivity contribution is 6.11. The lowest BCUT2D eigenvalue weighted by atomic mass is 9.80. The lowest BCUT2D eigenvalue weighted by molar-refractivity contribution is -0.0416. The third-order valence-corrected chi connectivity index (χ3v) is 3.58. The highest BCUT2D eigenvalue weighted by atomic mass is 19.1. The molecule has 0 saturated carbocycles. The van der Waals surface area contributed by atoms with Gasteiger partial charge in [0.25, 0.3) is 0 Å². The number of nitrogens with two attached hydrogens (primary N) is 1. The molecule has 0 aromatic rings. The quantitative estimate of drug-likeness (QED) is 0.684. The minimum atomic E-state index is -0.826. The Kier molecular flexibility index (Phi) is 3.96. The smallest absolute Gasteiger partial charge is 0.143 e. The van der Waals surface area contributed by atoms with Gasteiger partial charge in [0, 0.05) is 5.92 Å². The van der Waals surface area contributed by atoms with Crippen LogP contribution in [-0.2, 0) is 4.74 Å². The van der Waals surface area contributed by atoms with Crippen molar-refractivity contribution in [3.05, 3.63) is 0 Å². The monoisotopic (exact) mass is 201 g/mol. The summed E-state index contributed by atoms with van der Waals surface area (Å²) in [6.45, 7) is 4.68. The number of alkyl halides is 1. The van der Waals surface area contributed by atoms with Gasteiger partial charge >= 0.3 is 0 Å². The highest BCUT2D eigenvalue weighted by Gasteiger charge is 2.49. The Balaban J connectivity index is 2.69. The van der Waals surface area contributed by atoms with Crippen molar-refractivity contribution in [2.24, 2.45) is 11.7 Å². The third kappa shape index (κ3) is 1.96. The first-order chi connectivity index (χ1) is 6.57. The highest BCUT2D eigenvalue weighted by Crippen LogP contribution is 2.42. The van der Waals surface area contributed by atoms with Crippen LogP contribution in [0.4, 0.5) is 4.39 Å². The predicted octanol–water partition coefficient (Wildman–Crippen LogP) is 0.838. The van der Waals surface area contributed by atoms with Crippen LogP contribution in [0, 0.1) is 5.92 Å². The maximum absolute atomic E-state index is 13.7. The molecule has 1 rings (SSSR count). The largest absolute Gasteiger partial charge is 0.377 e. The fraction of sp³-hybridized carbons (Fsp3) is 1.00. The summed E-state index contributed by atoms with van der Waals surface area (Å²) in [6.07, 6.45) is 1.84. The van der Waals surface area contributed by atoms with E-state index in [1.54, 1.807) is 0 Å². The van der Waals surface area contributed by atoms with E-state index in [1.807, 2.05) is 14.8 Å². The van der Waals surface area contributed by atoms with E-state index >= 15 is 0 Å². The van der Waals surface area contributed by atoms with Gasteiger partial charge in [-0.2, -0.15) is 0 Å². The number of rotatable bonds is 4. The summed E-state index contributed by atoms with van der Waals surface area (Å²) >= 11 is 0. The molecule has 2 nitrogen and oxygen atoms in total. The zero-order valence-corrected chi connectivity index (χ0v) is 9.42. The number of ether oxygens (including phenoxy) is 1. The Bertz CT molecular complexity index is 193. The number of hydrogen-bond acceptors (Lipinski definition) is 2. The van der Waals surface area contributed by atoms with Gasteiger partial charge in [-0.15, -0.1) is 0 Å². The summed E-state index contributed by atoms with van der Waals surface area (Å²) in [5, 5.41) is 0. The summed E-state index contributed by atoms with van der Waals surface area (Å²) in [5.41, 5.74) is 5.22. The Labute approximate surface area is 86.8 Å². The second kappa shape index (κ2) is 4.62. The molecule has 14 heavy (non-hydrogen) atoms. The first-order valence-corrected chi connectivity index (χ1v) is 5.59. The van der Waals surface area contributed by atoms with E-state index < -0.39 is 6.17 Å². The van der Waals surface area contributed by atoms with Crippen molar-refractivity contribution < 1.29 is 9.13 Å². The fourth-order valence-electron chi connectivity index (χ4n) is 2.51. The molecular weight excluding hydrogens is 180 g/mol. The Morgan fingerprint density at radius 3 is 2.57 bits per heavy atom. The second-order valence-electron chi connectivity index (χ2n) is 4.37. The summed E-state index contributed by atoms with van der Waals surface area (Å²) < 4.78 is 19.5. The summed E-state index contributed by atoms with van der Waals surface area (Å²) in [6, 6.07) is -0.261. The van der Waals surface area contributed by atoms with Crippen LogP contribution in [0.5, 0.6) is 0 Å². The Morgan fingerprint density at radius 1 is 1.57 bits per heavy atom. The van der Waals surface area contributed by atoms with Crippen molar-refractivity contribution in [3.8, 4) is 0 Å². The van der Waals surface area contributed by atoms with Gasteiger partial charge in [0.2, 0.25) is 0 Å². The molecule has 0 aliphatic carbocycles. The Morgan fingerprint density at radius 2 is 2.21 bits per heavy atom. The van der Waals surface area contributed by atoms with E-state index in [2.05, 4.69) is 6.92 Å². The van der Waals surface area contributed by atoms with Gasteiger partial charge in [-0.05, 0) is 25.8 Å². The lowest BCUT2D eigenvalue weighted by Crippen LogP contribution is -2.35.